The van der Waals surface area contributed by atoms with Crippen molar-refractivity contribution in [2.45, 2.75) is 19.4 Å². The van der Waals surface area contributed by atoms with E-state index in [1.165, 1.54) is 11.3 Å². The van der Waals surface area contributed by atoms with Crippen LogP contribution in [0.4, 0.5) is 0 Å². The molecule has 1 amide bonds. The van der Waals surface area contributed by atoms with Gasteiger partial charge in [-0.2, -0.15) is 5.10 Å². The fourth-order valence-electron chi connectivity index (χ4n) is 2.52. The Morgan fingerprint density at radius 2 is 1.92 bits per heavy atom. The number of ketones is 1. The molecule has 2 aromatic heterocycles. The molecule has 0 bridgehead atoms. The van der Waals surface area contributed by atoms with E-state index in [9.17, 15) is 9.59 Å². The van der Waals surface area contributed by atoms with E-state index in [2.05, 4.69) is 5.10 Å². The molecule has 0 atom stereocenters. The summed E-state index contributed by atoms with van der Waals surface area (Å²) in [4.78, 5) is 26.6. The molecule has 0 aliphatic carbocycles. The van der Waals surface area contributed by atoms with Gasteiger partial charge >= 0.3 is 0 Å². The zero-order chi connectivity index (χ0) is 18.5. The average Bonchev–Trinajstić information content (AvgIpc) is 3.29. The van der Waals surface area contributed by atoms with Crippen LogP contribution in [0.25, 0.3) is 5.69 Å². The fourth-order valence-corrected chi connectivity index (χ4v) is 3.53. The minimum absolute atomic E-state index is 0.0550. The summed E-state index contributed by atoms with van der Waals surface area (Å²) in [6, 6.07) is 13.2. The molecule has 0 saturated heterocycles. The van der Waals surface area contributed by atoms with E-state index in [0.29, 0.717) is 15.8 Å². The number of aromatic nitrogens is 2. The summed E-state index contributed by atoms with van der Waals surface area (Å²) in [6.45, 7) is 0.449. The number of Topliss-reactive ketones (excluding diaryl/α,β-unsaturated/α-hetero) is 1. The first-order chi connectivity index (χ1) is 12.5. The summed E-state index contributed by atoms with van der Waals surface area (Å²) >= 11 is 7.08. The second-order valence-electron chi connectivity index (χ2n) is 5.91. The van der Waals surface area contributed by atoms with Crippen molar-refractivity contribution in [3.05, 3.63) is 69.6 Å². The van der Waals surface area contributed by atoms with Gasteiger partial charge in [-0.15, -0.1) is 11.3 Å². The molecule has 0 N–H and O–H groups in total. The van der Waals surface area contributed by atoms with Crippen molar-refractivity contribution in [1.82, 2.24) is 14.7 Å². The summed E-state index contributed by atoms with van der Waals surface area (Å²) in [5.74, 6) is -0.131. The third-order valence-corrected chi connectivity index (χ3v) is 5.19. The Kier molecular flexibility index (Phi) is 5.85. The SMILES string of the molecule is CN(Cc1cnn(-c2ccccc2)c1)C(=O)CCC(=O)c1ccc(Cl)s1. The van der Waals surface area contributed by atoms with E-state index in [0.717, 1.165) is 11.3 Å². The Morgan fingerprint density at radius 1 is 1.15 bits per heavy atom. The van der Waals surface area contributed by atoms with Crippen molar-refractivity contribution >= 4 is 34.6 Å². The first kappa shape index (κ1) is 18.4. The highest BCUT2D eigenvalue weighted by Gasteiger charge is 2.15. The first-order valence-corrected chi connectivity index (χ1v) is 9.34. The Balaban J connectivity index is 1.53. The molecule has 0 radical (unpaired) electrons. The zero-order valence-corrected chi connectivity index (χ0v) is 15.8. The molecule has 0 fully saturated rings. The molecule has 5 nitrogen and oxygen atoms in total. The van der Waals surface area contributed by atoms with E-state index in [4.69, 9.17) is 11.6 Å². The lowest BCUT2D eigenvalue weighted by atomic mass is 10.2. The lowest BCUT2D eigenvalue weighted by Gasteiger charge is -2.15. The number of amides is 1. The van der Waals surface area contributed by atoms with E-state index in [-0.39, 0.29) is 24.5 Å². The predicted octanol–water partition coefficient (Wildman–Crippen LogP) is 4.21. The molecule has 0 spiro atoms. The van der Waals surface area contributed by atoms with E-state index >= 15 is 0 Å². The van der Waals surface area contributed by atoms with Gasteiger partial charge in [-0.1, -0.05) is 29.8 Å². The number of hydrogen-bond donors (Lipinski definition) is 0. The van der Waals surface area contributed by atoms with Gasteiger partial charge in [0.05, 0.1) is 21.1 Å². The van der Waals surface area contributed by atoms with Crippen molar-refractivity contribution in [1.29, 1.82) is 0 Å². The van der Waals surface area contributed by atoms with Gasteiger partial charge in [0, 0.05) is 38.2 Å². The molecule has 7 heteroatoms. The Morgan fingerprint density at radius 3 is 2.62 bits per heavy atom. The van der Waals surface area contributed by atoms with Crippen LogP contribution in [0.3, 0.4) is 0 Å². The summed E-state index contributed by atoms with van der Waals surface area (Å²) in [6.07, 6.45) is 4.01. The summed E-state index contributed by atoms with van der Waals surface area (Å²) in [7, 11) is 1.73. The van der Waals surface area contributed by atoms with Gasteiger partial charge in [-0.3, -0.25) is 9.59 Å². The van der Waals surface area contributed by atoms with Gasteiger partial charge in [0.1, 0.15) is 0 Å². The van der Waals surface area contributed by atoms with Crippen LogP contribution in [0.1, 0.15) is 28.1 Å². The van der Waals surface area contributed by atoms with Gasteiger partial charge in [-0.25, -0.2) is 4.68 Å². The van der Waals surface area contributed by atoms with Crippen molar-refractivity contribution in [2.75, 3.05) is 7.05 Å². The highest BCUT2D eigenvalue weighted by Crippen LogP contribution is 2.23. The second kappa shape index (κ2) is 8.29. The number of halogens is 1. The number of hydrogen-bond acceptors (Lipinski definition) is 4. The van der Waals surface area contributed by atoms with Crippen LogP contribution >= 0.6 is 22.9 Å². The molecule has 0 aliphatic heterocycles. The molecule has 26 heavy (non-hydrogen) atoms. The van der Waals surface area contributed by atoms with Gasteiger partial charge in [0.25, 0.3) is 0 Å². The lowest BCUT2D eigenvalue weighted by molar-refractivity contribution is -0.130. The van der Waals surface area contributed by atoms with Crippen LogP contribution in [-0.4, -0.2) is 33.4 Å². The molecule has 0 saturated carbocycles. The third kappa shape index (κ3) is 4.59. The largest absolute Gasteiger partial charge is 0.341 e. The number of carbonyl (C=O) groups excluding carboxylic acids is 2. The van der Waals surface area contributed by atoms with Crippen LogP contribution in [0, 0.1) is 0 Å². The lowest BCUT2D eigenvalue weighted by Crippen LogP contribution is -2.26. The number of benzene rings is 1. The molecular formula is C19H18ClN3O2S. The third-order valence-electron chi connectivity index (χ3n) is 3.92. The number of rotatable bonds is 7. The number of nitrogens with zero attached hydrogens (tertiary/aromatic N) is 3. The van der Waals surface area contributed by atoms with Crippen LogP contribution in [-0.2, 0) is 11.3 Å². The van der Waals surface area contributed by atoms with Gasteiger partial charge in [0.2, 0.25) is 5.91 Å². The van der Waals surface area contributed by atoms with E-state index in [1.54, 1.807) is 35.0 Å². The van der Waals surface area contributed by atoms with Crippen molar-refractivity contribution in [3.63, 3.8) is 0 Å². The van der Waals surface area contributed by atoms with Crippen LogP contribution < -0.4 is 0 Å². The monoisotopic (exact) mass is 387 g/mol. The maximum Gasteiger partial charge on any atom is 0.223 e. The Hall–Kier alpha value is -2.44. The van der Waals surface area contributed by atoms with Gasteiger partial charge in [-0.05, 0) is 24.3 Å². The Bertz CT molecular complexity index is 904. The molecule has 1 aromatic carbocycles. The minimum Gasteiger partial charge on any atom is -0.341 e. The minimum atomic E-state index is -0.0755. The van der Waals surface area contributed by atoms with Crippen molar-refractivity contribution in [3.8, 4) is 5.69 Å². The number of carbonyl (C=O) groups is 2. The Labute approximate surface area is 160 Å². The maximum atomic E-state index is 12.3. The molecular weight excluding hydrogens is 370 g/mol. The number of thiophene rings is 1. The molecule has 3 rings (SSSR count). The van der Waals surface area contributed by atoms with E-state index in [1.807, 2.05) is 36.5 Å². The smallest absolute Gasteiger partial charge is 0.223 e. The van der Waals surface area contributed by atoms with Crippen LogP contribution in [0.2, 0.25) is 4.34 Å². The summed E-state index contributed by atoms with van der Waals surface area (Å²) in [5, 5.41) is 4.33. The molecule has 2 heterocycles. The topological polar surface area (TPSA) is 55.2 Å². The fraction of sp³-hybridized carbons (Fsp3) is 0.211. The normalized spacial score (nSPS) is 10.7. The molecule has 3 aromatic rings. The second-order valence-corrected chi connectivity index (χ2v) is 7.62. The standard InChI is InChI=1S/C19H18ClN3O2S/c1-22(19(25)10-7-16(24)17-8-9-18(20)26-17)12-14-11-21-23(13-14)15-5-3-2-4-6-15/h2-6,8-9,11,13H,7,10,12H2,1H3. The number of para-hydroxylation sites is 1. The summed E-state index contributed by atoms with van der Waals surface area (Å²) in [5.41, 5.74) is 1.90. The van der Waals surface area contributed by atoms with Crippen LogP contribution in [0.5, 0.6) is 0 Å². The highest BCUT2D eigenvalue weighted by molar-refractivity contribution is 7.18. The molecule has 134 valence electrons. The predicted molar refractivity (Wildman–Crippen MR) is 103 cm³/mol. The highest BCUT2D eigenvalue weighted by atomic mass is 35.5. The summed E-state index contributed by atoms with van der Waals surface area (Å²) < 4.78 is 2.35. The van der Waals surface area contributed by atoms with Gasteiger partial charge in [0.15, 0.2) is 5.78 Å². The van der Waals surface area contributed by atoms with Crippen LogP contribution in [0.15, 0.2) is 54.9 Å². The quantitative estimate of drug-likeness (QED) is 0.570. The molecule has 0 aliphatic rings. The van der Waals surface area contributed by atoms with E-state index < -0.39 is 0 Å². The first-order valence-electron chi connectivity index (χ1n) is 8.14. The van der Waals surface area contributed by atoms with Gasteiger partial charge < -0.3 is 4.90 Å². The molecule has 0 unspecified atom stereocenters. The van der Waals surface area contributed by atoms with Crippen molar-refractivity contribution in [2.24, 2.45) is 0 Å². The zero-order valence-electron chi connectivity index (χ0n) is 14.3. The van der Waals surface area contributed by atoms with Crippen molar-refractivity contribution < 1.29 is 9.59 Å². The maximum absolute atomic E-state index is 12.3. The average molecular weight is 388 g/mol.